The third kappa shape index (κ3) is 3.29. The second-order valence-electron chi connectivity index (χ2n) is 5.17. The molecule has 0 aromatic heterocycles. The van der Waals surface area contributed by atoms with Gasteiger partial charge in [0.15, 0.2) is 6.10 Å². The van der Waals surface area contributed by atoms with Gasteiger partial charge in [0, 0.05) is 22.6 Å². The summed E-state index contributed by atoms with van der Waals surface area (Å²) in [6.45, 7) is 0.316. The molecule has 2 aromatic rings. The van der Waals surface area contributed by atoms with Gasteiger partial charge in [-0.3, -0.25) is 0 Å². The van der Waals surface area contributed by atoms with Crippen molar-refractivity contribution in [2.24, 2.45) is 0 Å². The van der Waals surface area contributed by atoms with Crippen LogP contribution in [0.1, 0.15) is 17.5 Å². The number of benzene rings is 2. The highest BCUT2D eigenvalue weighted by Gasteiger charge is 2.34. The van der Waals surface area contributed by atoms with Crippen LogP contribution in [0.2, 0.25) is 5.02 Å². The molecular formula is C17H13ClF2O3. The predicted octanol–water partition coefficient (Wildman–Crippen LogP) is 4.17. The maximum atomic E-state index is 14.5. The number of cyclic esters (lactones) is 1. The Balaban J connectivity index is 1.78. The summed E-state index contributed by atoms with van der Waals surface area (Å²) in [5, 5.41) is 0.400. The van der Waals surface area contributed by atoms with E-state index in [0.717, 1.165) is 0 Å². The highest BCUT2D eigenvalue weighted by Crippen LogP contribution is 2.36. The Labute approximate surface area is 136 Å². The molecule has 3 nitrogen and oxygen atoms in total. The van der Waals surface area contributed by atoms with Crippen LogP contribution in [-0.2, 0) is 15.5 Å². The Morgan fingerprint density at radius 1 is 1.04 bits per heavy atom. The number of ether oxygens (including phenoxy) is 2. The smallest absolute Gasteiger partial charge is 0.347 e. The van der Waals surface area contributed by atoms with Gasteiger partial charge in [-0.15, -0.1) is 0 Å². The van der Waals surface area contributed by atoms with Gasteiger partial charge < -0.3 is 9.47 Å². The van der Waals surface area contributed by atoms with Crippen molar-refractivity contribution >= 4 is 17.6 Å². The van der Waals surface area contributed by atoms with Crippen LogP contribution < -0.4 is 4.74 Å². The van der Waals surface area contributed by atoms with Crippen LogP contribution in [0.5, 0.6) is 5.75 Å². The van der Waals surface area contributed by atoms with E-state index in [-0.39, 0.29) is 11.1 Å². The average molecular weight is 339 g/mol. The fourth-order valence-electron chi connectivity index (χ4n) is 2.32. The van der Waals surface area contributed by atoms with Crippen LogP contribution in [0.3, 0.4) is 0 Å². The van der Waals surface area contributed by atoms with Gasteiger partial charge in [0.2, 0.25) is 0 Å². The maximum Gasteiger partial charge on any atom is 0.347 e. The minimum absolute atomic E-state index is 0.144. The van der Waals surface area contributed by atoms with Crippen LogP contribution >= 0.6 is 11.6 Å². The minimum atomic E-state index is -3.14. The summed E-state index contributed by atoms with van der Waals surface area (Å²) in [7, 11) is 0. The first kappa shape index (κ1) is 15.7. The van der Waals surface area contributed by atoms with Gasteiger partial charge in [0.1, 0.15) is 5.75 Å². The molecule has 1 aliphatic rings. The Kier molecular flexibility index (Phi) is 4.22. The van der Waals surface area contributed by atoms with Crippen LogP contribution in [-0.4, -0.2) is 18.7 Å². The summed E-state index contributed by atoms with van der Waals surface area (Å²) >= 11 is 5.72. The van der Waals surface area contributed by atoms with Gasteiger partial charge in [0.25, 0.3) is 5.92 Å². The van der Waals surface area contributed by atoms with E-state index in [1.807, 2.05) is 0 Å². The number of halogens is 3. The number of esters is 1. The lowest BCUT2D eigenvalue weighted by Crippen LogP contribution is -2.21. The SMILES string of the molecule is O=C1OCCC1Oc1ccc(C(F)(F)c2ccc(Cl)cc2)cc1. The zero-order valence-electron chi connectivity index (χ0n) is 12.0. The molecule has 6 heteroatoms. The molecule has 1 fully saturated rings. The van der Waals surface area contributed by atoms with E-state index in [2.05, 4.69) is 0 Å². The molecule has 23 heavy (non-hydrogen) atoms. The van der Waals surface area contributed by atoms with Crippen LogP contribution in [0, 0.1) is 0 Å². The number of rotatable bonds is 4. The number of carbonyl (C=O) groups is 1. The van der Waals surface area contributed by atoms with E-state index in [9.17, 15) is 13.6 Å². The summed E-state index contributed by atoms with van der Waals surface area (Å²) in [5.74, 6) is -3.22. The third-order valence-electron chi connectivity index (χ3n) is 3.59. The molecule has 1 atom stereocenters. The number of hydrogen-bond donors (Lipinski definition) is 0. The molecular weight excluding hydrogens is 326 g/mol. The highest BCUT2D eigenvalue weighted by molar-refractivity contribution is 6.30. The molecule has 0 bridgehead atoms. The molecule has 1 saturated heterocycles. The Bertz CT molecular complexity index is 699. The molecule has 1 heterocycles. The average Bonchev–Trinajstić information content (AvgIpc) is 2.93. The topological polar surface area (TPSA) is 35.5 Å². The zero-order chi connectivity index (χ0) is 16.4. The second kappa shape index (κ2) is 6.16. The standard InChI is InChI=1S/C17H13ClF2O3/c18-13-5-1-11(2-6-13)17(19,20)12-3-7-14(8-4-12)23-15-9-10-22-16(15)21/h1-8,15H,9-10H2. The Morgan fingerprint density at radius 3 is 2.13 bits per heavy atom. The van der Waals surface area contributed by atoms with Crippen molar-refractivity contribution in [3.05, 3.63) is 64.7 Å². The fraction of sp³-hybridized carbons (Fsp3) is 0.235. The van der Waals surface area contributed by atoms with Crippen LogP contribution in [0.4, 0.5) is 8.78 Å². The van der Waals surface area contributed by atoms with Gasteiger partial charge in [-0.2, -0.15) is 8.78 Å². The van der Waals surface area contributed by atoms with Crippen molar-refractivity contribution in [1.82, 2.24) is 0 Å². The van der Waals surface area contributed by atoms with E-state index in [0.29, 0.717) is 23.8 Å². The van der Waals surface area contributed by atoms with Crippen molar-refractivity contribution < 1.29 is 23.0 Å². The first-order valence-corrected chi connectivity index (χ1v) is 7.42. The summed E-state index contributed by atoms with van der Waals surface area (Å²) in [6.07, 6.45) is -0.209. The van der Waals surface area contributed by atoms with E-state index >= 15 is 0 Å². The van der Waals surface area contributed by atoms with Gasteiger partial charge in [-0.1, -0.05) is 23.7 Å². The van der Waals surface area contributed by atoms with E-state index in [1.165, 1.54) is 48.5 Å². The second-order valence-corrected chi connectivity index (χ2v) is 5.60. The van der Waals surface area contributed by atoms with Gasteiger partial charge in [-0.05, 0) is 36.4 Å². The van der Waals surface area contributed by atoms with Gasteiger partial charge >= 0.3 is 5.97 Å². The molecule has 0 radical (unpaired) electrons. The minimum Gasteiger partial charge on any atom is -0.479 e. The summed E-state index contributed by atoms with van der Waals surface area (Å²) in [4.78, 5) is 11.3. The number of hydrogen-bond acceptors (Lipinski definition) is 3. The quantitative estimate of drug-likeness (QED) is 0.785. The molecule has 120 valence electrons. The van der Waals surface area contributed by atoms with Crippen molar-refractivity contribution in [2.45, 2.75) is 18.4 Å². The van der Waals surface area contributed by atoms with Crippen molar-refractivity contribution in [1.29, 1.82) is 0 Å². The summed E-state index contributed by atoms with van der Waals surface area (Å²) in [5.41, 5.74) is -0.309. The molecule has 0 amide bonds. The molecule has 3 rings (SSSR count). The Hall–Kier alpha value is -2.14. The van der Waals surface area contributed by atoms with Crippen LogP contribution in [0.15, 0.2) is 48.5 Å². The van der Waals surface area contributed by atoms with E-state index in [4.69, 9.17) is 21.1 Å². The lowest BCUT2D eigenvalue weighted by molar-refractivity contribution is -0.143. The molecule has 1 aliphatic heterocycles. The molecule has 0 aliphatic carbocycles. The maximum absolute atomic E-state index is 14.5. The first-order chi connectivity index (χ1) is 11.0. The number of alkyl halides is 2. The summed E-state index contributed by atoms with van der Waals surface area (Å²) < 4.78 is 39.1. The van der Waals surface area contributed by atoms with E-state index < -0.39 is 18.0 Å². The van der Waals surface area contributed by atoms with Crippen molar-refractivity contribution in [3.8, 4) is 5.75 Å². The normalized spacial score (nSPS) is 17.9. The van der Waals surface area contributed by atoms with Gasteiger partial charge in [-0.25, -0.2) is 4.79 Å². The zero-order valence-corrected chi connectivity index (χ0v) is 12.7. The lowest BCUT2D eigenvalue weighted by Gasteiger charge is -2.18. The molecule has 0 saturated carbocycles. The van der Waals surface area contributed by atoms with E-state index in [1.54, 1.807) is 0 Å². The van der Waals surface area contributed by atoms with Crippen LogP contribution in [0.25, 0.3) is 0 Å². The lowest BCUT2D eigenvalue weighted by atomic mass is 10.0. The highest BCUT2D eigenvalue weighted by atomic mass is 35.5. The van der Waals surface area contributed by atoms with Crippen molar-refractivity contribution in [3.63, 3.8) is 0 Å². The monoisotopic (exact) mass is 338 g/mol. The largest absolute Gasteiger partial charge is 0.479 e. The van der Waals surface area contributed by atoms with Gasteiger partial charge in [0.05, 0.1) is 6.61 Å². The van der Waals surface area contributed by atoms with Crippen molar-refractivity contribution in [2.75, 3.05) is 6.61 Å². The third-order valence-corrected chi connectivity index (χ3v) is 3.84. The fourth-order valence-corrected chi connectivity index (χ4v) is 2.44. The number of carbonyl (C=O) groups excluding carboxylic acids is 1. The Morgan fingerprint density at radius 2 is 1.61 bits per heavy atom. The first-order valence-electron chi connectivity index (χ1n) is 7.04. The molecule has 2 aromatic carbocycles. The summed E-state index contributed by atoms with van der Waals surface area (Å²) in [6, 6.07) is 10.8. The molecule has 1 unspecified atom stereocenters. The molecule has 0 spiro atoms. The predicted molar refractivity (Wildman–Crippen MR) is 80.9 cm³/mol. The molecule has 0 N–H and O–H groups in total.